The van der Waals surface area contributed by atoms with E-state index in [0.29, 0.717) is 0 Å². The first kappa shape index (κ1) is 15.3. The Balaban J connectivity index is 1.86. The molecule has 2 rings (SSSR count). The maximum atomic E-state index is 5.73. The fourth-order valence-electron chi connectivity index (χ4n) is 3.75. The zero-order valence-corrected chi connectivity index (χ0v) is 13.1. The molecule has 19 heavy (non-hydrogen) atoms. The second kappa shape index (κ2) is 7.05. The summed E-state index contributed by atoms with van der Waals surface area (Å²) in [6, 6.07) is 1.52. The first-order valence-corrected chi connectivity index (χ1v) is 8.19. The first-order valence-electron chi connectivity index (χ1n) is 8.19. The summed E-state index contributed by atoms with van der Waals surface area (Å²) < 4.78 is 5.73. The number of nitrogens with zero attached hydrogens (tertiary/aromatic N) is 1. The van der Waals surface area contributed by atoms with Crippen molar-refractivity contribution < 1.29 is 4.74 Å². The molecule has 3 heteroatoms. The quantitative estimate of drug-likeness (QED) is 0.830. The Morgan fingerprint density at radius 1 is 1.32 bits per heavy atom. The molecule has 112 valence electrons. The number of rotatable bonds is 5. The summed E-state index contributed by atoms with van der Waals surface area (Å²) in [6.07, 6.45) is 9.20. The van der Waals surface area contributed by atoms with Gasteiger partial charge in [0.1, 0.15) is 0 Å². The van der Waals surface area contributed by atoms with Gasteiger partial charge in [0.15, 0.2) is 0 Å². The lowest BCUT2D eigenvalue weighted by Gasteiger charge is -2.45. The van der Waals surface area contributed by atoms with E-state index in [4.69, 9.17) is 4.74 Å². The van der Waals surface area contributed by atoms with Crippen LogP contribution in [-0.2, 0) is 4.74 Å². The Morgan fingerprint density at radius 2 is 2.16 bits per heavy atom. The molecular formula is C16H32N2O. The second-order valence-corrected chi connectivity index (χ2v) is 6.70. The molecule has 3 unspecified atom stereocenters. The summed E-state index contributed by atoms with van der Waals surface area (Å²) in [5.74, 6) is 0. The number of likely N-dealkylation sites (tertiary alicyclic amines) is 1. The third-order valence-corrected chi connectivity index (χ3v) is 5.03. The minimum absolute atomic E-state index is 0.0854. The van der Waals surface area contributed by atoms with E-state index >= 15 is 0 Å². The van der Waals surface area contributed by atoms with Crippen LogP contribution in [0.15, 0.2) is 0 Å². The highest BCUT2D eigenvalue weighted by Gasteiger charge is 2.35. The second-order valence-electron chi connectivity index (χ2n) is 6.70. The molecule has 1 saturated heterocycles. The molecule has 1 aliphatic carbocycles. The Morgan fingerprint density at radius 3 is 2.89 bits per heavy atom. The molecule has 2 fully saturated rings. The van der Waals surface area contributed by atoms with Crippen LogP contribution in [0.25, 0.3) is 0 Å². The summed E-state index contributed by atoms with van der Waals surface area (Å²) in [5, 5.41) is 3.72. The van der Waals surface area contributed by atoms with Gasteiger partial charge in [0.05, 0.1) is 5.60 Å². The first-order chi connectivity index (χ1) is 9.17. The Bertz CT molecular complexity index is 271. The minimum Gasteiger partial charge on any atom is -0.377 e. The van der Waals surface area contributed by atoms with Crippen LogP contribution < -0.4 is 5.32 Å². The Labute approximate surface area is 119 Å². The van der Waals surface area contributed by atoms with E-state index in [9.17, 15) is 0 Å². The van der Waals surface area contributed by atoms with Gasteiger partial charge in [0, 0.05) is 25.7 Å². The fourth-order valence-corrected chi connectivity index (χ4v) is 3.75. The highest BCUT2D eigenvalue weighted by molar-refractivity contribution is 4.91. The van der Waals surface area contributed by atoms with Crippen LogP contribution in [0.2, 0.25) is 0 Å². The van der Waals surface area contributed by atoms with Crippen LogP contribution in [0.3, 0.4) is 0 Å². The SMILES string of the molecule is CCCNC1CCCC(N2CCCC(C)(OC)C2)C1. The molecular weight excluding hydrogens is 236 g/mol. The maximum absolute atomic E-state index is 5.73. The molecule has 3 atom stereocenters. The zero-order chi connectivity index (χ0) is 13.7. The van der Waals surface area contributed by atoms with Crippen LogP contribution >= 0.6 is 0 Å². The van der Waals surface area contributed by atoms with E-state index in [-0.39, 0.29) is 5.60 Å². The minimum atomic E-state index is 0.0854. The van der Waals surface area contributed by atoms with Crippen LogP contribution in [-0.4, -0.2) is 49.3 Å². The van der Waals surface area contributed by atoms with E-state index in [1.165, 1.54) is 58.0 Å². The van der Waals surface area contributed by atoms with Gasteiger partial charge in [-0.1, -0.05) is 13.3 Å². The molecule has 0 aromatic carbocycles. The molecule has 3 nitrogen and oxygen atoms in total. The molecule has 1 N–H and O–H groups in total. The van der Waals surface area contributed by atoms with Crippen molar-refractivity contribution in [2.75, 3.05) is 26.7 Å². The van der Waals surface area contributed by atoms with E-state index in [1.807, 2.05) is 7.11 Å². The largest absolute Gasteiger partial charge is 0.377 e. The van der Waals surface area contributed by atoms with Gasteiger partial charge in [0.2, 0.25) is 0 Å². The molecule has 2 aliphatic rings. The number of hydrogen-bond donors (Lipinski definition) is 1. The van der Waals surface area contributed by atoms with Crippen molar-refractivity contribution in [3.8, 4) is 0 Å². The summed E-state index contributed by atoms with van der Waals surface area (Å²) in [5.41, 5.74) is 0.0854. The van der Waals surface area contributed by atoms with E-state index in [2.05, 4.69) is 24.1 Å². The molecule has 1 heterocycles. The molecule has 1 saturated carbocycles. The Hall–Kier alpha value is -0.120. The average molecular weight is 268 g/mol. The van der Waals surface area contributed by atoms with Crippen molar-refractivity contribution in [1.82, 2.24) is 10.2 Å². The van der Waals surface area contributed by atoms with Gasteiger partial charge < -0.3 is 10.1 Å². The lowest BCUT2D eigenvalue weighted by Crippen LogP contribution is -2.53. The number of piperidine rings is 1. The maximum Gasteiger partial charge on any atom is 0.0777 e. The van der Waals surface area contributed by atoms with Gasteiger partial charge in [-0.3, -0.25) is 4.90 Å². The average Bonchev–Trinajstić information content (AvgIpc) is 2.45. The topological polar surface area (TPSA) is 24.5 Å². The number of nitrogens with one attached hydrogen (secondary N) is 1. The number of ether oxygens (including phenoxy) is 1. The molecule has 0 radical (unpaired) electrons. The lowest BCUT2D eigenvalue weighted by atomic mass is 9.86. The monoisotopic (exact) mass is 268 g/mol. The summed E-state index contributed by atoms with van der Waals surface area (Å²) in [4.78, 5) is 2.70. The van der Waals surface area contributed by atoms with Gasteiger partial charge >= 0.3 is 0 Å². The molecule has 0 aromatic heterocycles. The molecule has 1 aliphatic heterocycles. The molecule has 0 bridgehead atoms. The van der Waals surface area contributed by atoms with Gasteiger partial charge in [-0.05, 0) is 58.5 Å². The predicted octanol–water partition coefficient (Wildman–Crippen LogP) is 2.80. The highest BCUT2D eigenvalue weighted by Crippen LogP contribution is 2.30. The van der Waals surface area contributed by atoms with Gasteiger partial charge in [-0.25, -0.2) is 0 Å². The highest BCUT2D eigenvalue weighted by atomic mass is 16.5. The summed E-state index contributed by atoms with van der Waals surface area (Å²) >= 11 is 0. The summed E-state index contributed by atoms with van der Waals surface area (Å²) in [6.45, 7) is 8.09. The van der Waals surface area contributed by atoms with Crippen molar-refractivity contribution >= 4 is 0 Å². The van der Waals surface area contributed by atoms with Crippen molar-refractivity contribution in [3.63, 3.8) is 0 Å². The van der Waals surface area contributed by atoms with Crippen molar-refractivity contribution in [2.45, 2.75) is 76.5 Å². The number of hydrogen-bond acceptors (Lipinski definition) is 3. The van der Waals surface area contributed by atoms with Crippen molar-refractivity contribution in [3.05, 3.63) is 0 Å². The third-order valence-electron chi connectivity index (χ3n) is 5.03. The van der Waals surface area contributed by atoms with Crippen LogP contribution in [0.4, 0.5) is 0 Å². The predicted molar refractivity (Wildman–Crippen MR) is 80.6 cm³/mol. The van der Waals surface area contributed by atoms with Crippen LogP contribution in [0.1, 0.15) is 58.8 Å². The molecule has 0 amide bonds. The molecule has 0 spiro atoms. The lowest BCUT2D eigenvalue weighted by molar-refractivity contribution is -0.0657. The Kier molecular flexibility index (Phi) is 5.67. The van der Waals surface area contributed by atoms with E-state index < -0.39 is 0 Å². The van der Waals surface area contributed by atoms with Gasteiger partial charge in [0.25, 0.3) is 0 Å². The van der Waals surface area contributed by atoms with Crippen molar-refractivity contribution in [2.24, 2.45) is 0 Å². The third kappa shape index (κ3) is 4.17. The standard InChI is InChI=1S/C16H32N2O/c1-4-10-17-14-7-5-8-15(12-14)18-11-6-9-16(2,13-18)19-3/h14-15,17H,4-13H2,1-3H3. The summed E-state index contributed by atoms with van der Waals surface area (Å²) in [7, 11) is 1.87. The normalized spacial score (nSPS) is 37.4. The van der Waals surface area contributed by atoms with E-state index in [0.717, 1.165) is 18.6 Å². The fraction of sp³-hybridized carbons (Fsp3) is 1.00. The van der Waals surface area contributed by atoms with Crippen molar-refractivity contribution in [1.29, 1.82) is 0 Å². The zero-order valence-electron chi connectivity index (χ0n) is 13.1. The molecule has 0 aromatic rings. The van der Waals surface area contributed by atoms with Gasteiger partial charge in [-0.15, -0.1) is 0 Å². The van der Waals surface area contributed by atoms with Crippen LogP contribution in [0.5, 0.6) is 0 Å². The van der Waals surface area contributed by atoms with Gasteiger partial charge in [-0.2, -0.15) is 0 Å². The van der Waals surface area contributed by atoms with Crippen LogP contribution in [0, 0.1) is 0 Å². The number of methoxy groups -OCH3 is 1. The van der Waals surface area contributed by atoms with E-state index in [1.54, 1.807) is 0 Å². The smallest absolute Gasteiger partial charge is 0.0777 e.